The van der Waals surface area contributed by atoms with E-state index in [0.717, 1.165) is 11.1 Å². The Balaban J connectivity index is 2.21. The minimum Gasteiger partial charge on any atom is -0.493 e. The van der Waals surface area contributed by atoms with Crippen LogP contribution in [0, 0.1) is 5.41 Å². The normalized spacial score (nSPS) is 14.1. The lowest BCUT2D eigenvalue weighted by Crippen LogP contribution is -2.36. The summed E-state index contributed by atoms with van der Waals surface area (Å²) in [5, 5.41) is 10.4. The molecule has 130 valence electrons. The second kappa shape index (κ2) is 7.69. The minimum absolute atomic E-state index is 0.301. The van der Waals surface area contributed by atoms with Gasteiger partial charge in [0.25, 0.3) is 0 Å². The first-order valence-corrected chi connectivity index (χ1v) is 8.11. The second-order valence-electron chi connectivity index (χ2n) is 7.02. The molecule has 0 spiro atoms. The van der Waals surface area contributed by atoms with Crippen LogP contribution in [0.5, 0.6) is 11.5 Å². The van der Waals surface area contributed by atoms with Gasteiger partial charge in [0.15, 0.2) is 11.5 Å². The van der Waals surface area contributed by atoms with Gasteiger partial charge in [0.05, 0.1) is 19.3 Å². The Morgan fingerprint density at radius 1 is 1.04 bits per heavy atom. The van der Waals surface area contributed by atoms with Gasteiger partial charge in [0.2, 0.25) is 0 Å². The number of aliphatic hydroxyl groups excluding tert-OH is 1. The van der Waals surface area contributed by atoms with E-state index in [2.05, 4.69) is 0 Å². The van der Waals surface area contributed by atoms with Gasteiger partial charge < -0.3 is 20.3 Å². The van der Waals surface area contributed by atoms with Crippen LogP contribution in [0.25, 0.3) is 0 Å². The Morgan fingerprint density at radius 3 is 2.29 bits per heavy atom. The SMILES string of the molecule is COc1ccc([C@@H](N)[C@@H](O)C(C)(C)C)cc1OCc1ccccc1. The van der Waals surface area contributed by atoms with Crippen molar-refractivity contribution in [2.75, 3.05) is 7.11 Å². The molecule has 0 unspecified atom stereocenters. The smallest absolute Gasteiger partial charge is 0.161 e. The molecule has 0 aliphatic rings. The van der Waals surface area contributed by atoms with Gasteiger partial charge in [0.1, 0.15) is 6.61 Å². The van der Waals surface area contributed by atoms with Gasteiger partial charge in [-0.1, -0.05) is 57.2 Å². The number of benzene rings is 2. The fraction of sp³-hybridized carbons (Fsp3) is 0.400. The summed E-state index contributed by atoms with van der Waals surface area (Å²) in [6.45, 7) is 6.34. The van der Waals surface area contributed by atoms with Gasteiger partial charge in [-0.05, 0) is 28.7 Å². The van der Waals surface area contributed by atoms with E-state index in [1.807, 2.05) is 69.3 Å². The second-order valence-corrected chi connectivity index (χ2v) is 7.02. The Morgan fingerprint density at radius 2 is 1.71 bits per heavy atom. The van der Waals surface area contributed by atoms with E-state index >= 15 is 0 Å². The molecule has 0 bridgehead atoms. The van der Waals surface area contributed by atoms with Gasteiger partial charge in [0, 0.05) is 0 Å². The first kappa shape index (κ1) is 18.3. The highest BCUT2D eigenvalue weighted by atomic mass is 16.5. The van der Waals surface area contributed by atoms with Gasteiger partial charge >= 0.3 is 0 Å². The molecule has 3 N–H and O–H groups in total. The quantitative estimate of drug-likeness (QED) is 0.848. The lowest BCUT2D eigenvalue weighted by atomic mass is 9.82. The average molecular weight is 329 g/mol. The highest BCUT2D eigenvalue weighted by Crippen LogP contribution is 2.34. The Bertz CT molecular complexity index is 650. The van der Waals surface area contributed by atoms with E-state index in [4.69, 9.17) is 15.2 Å². The molecular formula is C20H27NO3. The maximum absolute atomic E-state index is 10.4. The third-order valence-electron chi connectivity index (χ3n) is 4.04. The number of methoxy groups -OCH3 is 1. The largest absolute Gasteiger partial charge is 0.493 e. The average Bonchev–Trinajstić information content (AvgIpc) is 2.58. The molecule has 0 aliphatic carbocycles. The summed E-state index contributed by atoms with van der Waals surface area (Å²) < 4.78 is 11.3. The van der Waals surface area contributed by atoms with Crippen LogP contribution in [-0.4, -0.2) is 18.3 Å². The van der Waals surface area contributed by atoms with Gasteiger partial charge in [-0.25, -0.2) is 0 Å². The zero-order valence-electron chi connectivity index (χ0n) is 14.8. The highest BCUT2D eigenvalue weighted by molar-refractivity contribution is 5.44. The first-order chi connectivity index (χ1) is 11.3. The monoisotopic (exact) mass is 329 g/mol. The molecule has 0 saturated heterocycles. The fourth-order valence-corrected chi connectivity index (χ4v) is 2.47. The topological polar surface area (TPSA) is 64.7 Å². The third-order valence-corrected chi connectivity index (χ3v) is 4.04. The Labute approximate surface area is 144 Å². The Hall–Kier alpha value is -2.04. The van der Waals surface area contributed by atoms with Crippen molar-refractivity contribution in [3.05, 3.63) is 59.7 Å². The summed E-state index contributed by atoms with van der Waals surface area (Å²) in [7, 11) is 1.61. The van der Waals surface area contributed by atoms with Crippen LogP contribution in [-0.2, 0) is 6.61 Å². The van der Waals surface area contributed by atoms with Crippen LogP contribution >= 0.6 is 0 Å². The maximum Gasteiger partial charge on any atom is 0.161 e. The van der Waals surface area contributed by atoms with Crippen molar-refractivity contribution in [2.45, 2.75) is 39.5 Å². The summed E-state index contributed by atoms with van der Waals surface area (Å²) in [6.07, 6.45) is -0.659. The summed E-state index contributed by atoms with van der Waals surface area (Å²) >= 11 is 0. The molecule has 4 nitrogen and oxygen atoms in total. The lowest BCUT2D eigenvalue weighted by molar-refractivity contribution is 0.0400. The number of ether oxygens (including phenoxy) is 2. The van der Waals surface area contributed by atoms with Crippen molar-refractivity contribution in [3.8, 4) is 11.5 Å². The zero-order valence-corrected chi connectivity index (χ0v) is 14.8. The summed E-state index contributed by atoms with van der Waals surface area (Å²) in [4.78, 5) is 0. The van der Waals surface area contributed by atoms with Crippen molar-refractivity contribution in [3.63, 3.8) is 0 Å². The van der Waals surface area contributed by atoms with Crippen LogP contribution in [0.1, 0.15) is 37.9 Å². The van der Waals surface area contributed by atoms with Crippen LogP contribution in [0.2, 0.25) is 0 Å². The molecule has 0 heterocycles. The molecule has 2 aromatic carbocycles. The third kappa shape index (κ3) is 4.49. The number of rotatable bonds is 6. The van der Waals surface area contributed by atoms with Gasteiger partial charge in [-0.2, -0.15) is 0 Å². The van der Waals surface area contributed by atoms with Crippen molar-refractivity contribution in [1.82, 2.24) is 0 Å². The van der Waals surface area contributed by atoms with Gasteiger partial charge in [-0.3, -0.25) is 0 Å². The molecule has 0 aromatic heterocycles. The predicted octanol–water partition coefficient (Wildman–Crippen LogP) is 3.68. The summed E-state index contributed by atoms with van der Waals surface area (Å²) in [5.74, 6) is 1.27. The minimum atomic E-state index is -0.659. The van der Waals surface area contributed by atoms with E-state index in [1.165, 1.54) is 0 Å². The van der Waals surface area contributed by atoms with Crippen LogP contribution < -0.4 is 15.2 Å². The molecule has 0 aliphatic heterocycles. The molecule has 2 aromatic rings. The number of nitrogens with two attached hydrogens (primary N) is 1. The van der Waals surface area contributed by atoms with Crippen LogP contribution in [0.15, 0.2) is 48.5 Å². The molecule has 0 saturated carbocycles. The molecule has 0 amide bonds. The highest BCUT2D eigenvalue weighted by Gasteiger charge is 2.29. The number of aliphatic hydroxyl groups is 1. The van der Waals surface area contributed by atoms with Crippen LogP contribution in [0.4, 0.5) is 0 Å². The summed E-state index contributed by atoms with van der Waals surface area (Å²) in [6, 6.07) is 15.0. The van der Waals surface area contributed by atoms with Crippen molar-refractivity contribution < 1.29 is 14.6 Å². The molecule has 2 atom stereocenters. The van der Waals surface area contributed by atoms with E-state index < -0.39 is 12.1 Å². The number of hydrogen-bond acceptors (Lipinski definition) is 4. The molecule has 24 heavy (non-hydrogen) atoms. The maximum atomic E-state index is 10.4. The molecular weight excluding hydrogens is 302 g/mol. The zero-order chi connectivity index (χ0) is 17.7. The first-order valence-electron chi connectivity index (χ1n) is 8.11. The Kier molecular flexibility index (Phi) is 5.86. The van der Waals surface area contributed by atoms with Crippen molar-refractivity contribution >= 4 is 0 Å². The number of hydrogen-bond donors (Lipinski definition) is 2. The fourth-order valence-electron chi connectivity index (χ4n) is 2.47. The van der Waals surface area contributed by atoms with E-state index in [-0.39, 0.29) is 5.41 Å². The standard InChI is InChI=1S/C20H27NO3/c1-20(2,3)19(22)18(21)15-10-11-16(23-4)17(12-15)24-13-14-8-6-5-7-9-14/h5-12,18-19,22H,13,21H2,1-4H3/t18-,19-/m1/s1. The molecule has 2 rings (SSSR count). The van der Waals surface area contributed by atoms with E-state index in [1.54, 1.807) is 7.11 Å². The van der Waals surface area contributed by atoms with Crippen molar-refractivity contribution in [2.24, 2.45) is 11.1 Å². The molecule has 0 radical (unpaired) electrons. The lowest BCUT2D eigenvalue weighted by Gasteiger charge is -2.31. The summed E-state index contributed by atoms with van der Waals surface area (Å²) in [5.41, 5.74) is 7.84. The predicted molar refractivity (Wildman–Crippen MR) is 96.2 cm³/mol. The van der Waals surface area contributed by atoms with E-state index in [0.29, 0.717) is 18.1 Å². The molecule has 0 fully saturated rings. The van der Waals surface area contributed by atoms with Gasteiger partial charge in [-0.15, -0.1) is 0 Å². The van der Waals surface area contributed by atoms with Crippen LogP contribution in [0.3, 0.4) is 0 Å². The molecule has 4 heteroatoms. The van der Waals surface area contributed by atoms with Crippen molar-refractivity contribution in [1.29, 1.82) is 0 Å². The van der Waals surface area contributed by atoms with E-state index in [9.17, 15) is 5.11 Å².